The second-order valence-corrected chi connectivity index (χ2v) is 12.9. The summed E-state index contributed by atoms with van der Waals surface area (Å²) in [5.41, 5.74) is 2.63. The number of ether oxygens (including phenoxy) is 5. The summed E-state index contributed by atoms with van der Waals surface area (Å²) in [4.78, 5) is 13.1. The fraction of sp³-hybridized carbons (Fsp3) is 0.324. The van der Waals surface area contributed by atoms with Gasteiger partial charge in [0.05, 0.1) is 33.5 Å². The van der Waals surface area contributed by atoms with Crippen LogP contribution >= 0.6 is 8.53 Å². The van der Waals surface area contributed by atoms with Gasteiger partial charge in [0.2, 0.25) is 0 Å². The number of methoxy groups -OCH3 is 3. The number of carbonyl (C=O) groups excluding carboxylic acids is 1. The molecule has 1 amide bonds. The topological polar surface area (TPSA) is 84.9 Å². The van der Waals surface area contributed by atoms with Crippen molar-refractivity contribution in [3.8, 4) is 11.5 Å². The molecule has 48 heavy (non-hydrogen) atoms. The molecule has 0 aliphatic carbocycles. The minimum Gasteiger partial charge on any atom is -0.497 e. The van der Waals surface area contributed by atoms with Crippen LogP contribution < -0.4 is 9.47 Å². The van der Waals surface area contributed by atoms with Crippen molar-refractivity contribution in [3.05, 3.63) is 131 Å². The van der Waals surface area contributed by atoms with Crippen LogP contribution in [0.1, 0.15) is 34.8 Å². The SMILES string of the molecule is [B]C1CC(OP2OC(c3ccccc3)CN2C(=O)COC)C(COC(c2ccccc2)(c2ccc(OC)cc2)c2ccc(OC)cc2)O1. The Morgan fingerprint density at radius 1 is 0.833 bits per heavy atom. The summed E-state index contributed by atoms with van der Waals surface area (Å²) >= 11 is 0. The molecule has 2 radical (unpaired) electrons. The first kappa shape index (κ1) is 34.1. The number of amides is 1. The molecule has 0 aromatic heterocycles. The minimum atomic E-state index is -1.78. The summed E-state index contributed by atoms with van der Waals surface area (Å²) < 4.78 is 44.1. The van der Waals surface area contributed by atoms with Gasteiger partial charge in [-0.05, 0) is 52.9 Å². The van der Waals surface area contributed by atoms with Crippen molar-refractivity contribution in [2.75, 3.05) is 41.1 Å². The van der Waals surface area contributed by atoms with Crippen LogP contribution in [0, 0.1) is 0 Å². The van der Waals surface area contributed by atoms with Crippen LogP contribution in [0.3, 0.4) is 0 Å². The molecule has 0 saturated carbocycles. The molecule has 5 atom stereocenters. The molecule has 2 fully saturated rings. The highest BCUT2D eigenvalue weighted by atomic mass is 31.2. The molecule has 9 nitrogen and oxygen atoms in total. The second kappa shape index (κ2) is 15.6. The van der Waals surface area contributed by atoms with Crippen molar-refractivity contribution < 1.29 is 37.5 Å². The minimum absolute atomic E-state index is 0.0798. The highest BCUT2D eigenvalue weighted by Gasteiger charge is 2.46. The van der Waals surface area contributed by atoms with Crippen molar-refractivity contribution in [1.82, 2.24) is 4.67 Å². The van der Waals surface area contributed by atoms with E-state index in [1.54, 1.807) is 18.9 Å². The lowest BCUT2D eigenvalue weighted by atomic mass is 9.80. The zero-order valence-corrected chi connectivity index (χ0v) is 28.2. The summed E-state index contributed by atoms with van der Waals surface area (Å²) in [5, 5.41) is 0. The van der Waals surface area contributed by atoms with E-state index in [0.29, 0.717) is 13.0 Å². The first-order valence-electron chi connectivity index (χ1n) is 15.8. The van der Waals surface area contributed by atoms with Gasteiger partial charge in [-0.15, -0.1) is 0 Å². The van der Waals surface area contributed by atoms with E-state index in [0.717, 1.165) is 33.8 Å². The van der Waals surface area contributed by atoms with Crippen LogP contribution in [-0.4, -0.2) is 77.7 Å². The van der Waals surface area contributed by atoms with Crippen molar-refractivity contribution >= 4 is 22.3 Å². The second-order valence-electron chi connectivity index (χ2n) is 11.6. The van der Waals surface area contributed by atoms with Gasteiger partial charge in [0.1, 0.15) is 43.8 Å². The standard InChI is InChI=1S/C37H39BNO8P/c1-41-25-36(40)39-23-33(26-10-6-4-7-11-26)47-48(39)46-32-22-35(38)45-34(32)24-44-37(27-12-8-5-9-13-27,28-14-18-30(42-2)19-15-28)29-16-20-31(43-3)21-17-29/h4-21,32-35H,22-25H2,1-3H3. The molecule has 2 aliphatic heterocycles. The van der Waals surface area contributed by atoms with Crippen molar-refractivity contribution in [2.24, 2.45) is 0 Å². The first-order chi connectivity index (χ1) is 23.4. The predicted octanol–water partition coefficient (Wildman–Crippen LogP) is 6.15. The van der Waals surface area contributed by atoms with Gasteiger partial charge in [0.25, 0.3) is 14.4 Å². The Balaban J connectivity index is 1.31. The largest absolute Gasteiger partial charge is 0.497 e. The summed E-state index contributed by atoms with van der Waals surface area (Å²) in [7, 11) is 9.37. The molecule has 2 saturated heterocycles. The summed E-state index contributed by atoms with van der Waals surface area (Å²) in [6, 6.07) is 35.0. The molecule has 248 valence electrons. The van der Waals surface area contributed by atoms with Crippen LogP contribution in [0.25, 0.3) is 0 Å². The normalized spacial score (nSPS) is 22.5. The van der Waals surface area contributed by atoms with Crippen molar-refractivity contribution in [2.45, 2.75) is 36.3 Å². The Labute approximate surface area is 284 Å². The molecule has 4 aromatic carbocycles. The van der Waals surface area contributed by atoms with Crippen LogP contribution in [0.4, 0.5) is 0 Å². The maximum absolute atomic E-state index is 13.1. The monoisotopic (exact) mass is 667 g/mol. The summed E-state index contributed by atoms with van der Waals surface area (Å²) in [6.07, 6.45) is -0.985. The number of rotatable bonds is 13. The smallest absolute Gasteiger partial charge is 0.293 e. The van der Waals surface area contributed by atoms with E-state index < -0.39 is 32.3 Å². The Hall–Kier alpha value is -3.76. The lowest BCUT2D eigenvalue weighted by Crippen LogP contribution is -2.38. The molecule has 2 aliphatic rings. The lowest BCUT2D eigenvalue weighted by Gasteiger charge is -2.37. The maximum atomic E-state index is 13.1. The van der Waals surface area contributed by atoms with Crippen LogP contribution in [-0.2, 0) is 33.7 Å². The molecular weight excluding hydrogens is 628 g/mol. The van der Waals surface area contributed by atoms with Crippen molar-refractivity contribution in [1.29, 1.82) is 0 Å². The van der Waals surface area contributed by atoms with Gasteiger partial charge in [0.15, 0.2) is 0 Å². The lowest BCUT2D eigenvalue weighted by molar-refractivity contribution is -0.130. The molecule has 5 unspecified atom stereocenters. The summed E-state index contributed by atoms with van der Waals surface area (Å²) in [6.45, 7) is 0.400. The first-order valence-corrected chi connectivity index (χ1v) is 17.0. The van der Waals surface area contributed by atoms with E-state index in [4.69, 9.17) is 40.6 Å². The fourth-order valence-electron chi connectivity index (χ4n) is 6.13. The highest BCUT2D eigenvalue weighted by Crippen LogP contribution is 2.56. The van der Waals surface area contributed by atoms with Gasteiger partial charge in [-0.2, -0.15) is 0 Å². The van der Waals surface area contributed by atoms with Gasteiger partial charge < -0.3 is 32.7 Å². The number of benzene rings is 4. The van der Waals surface area contributed by atoms with Crippen molar-refractivity contribution in [3.63, 3.8) is 0 Å². The molecule has 0 bridgehead atoms. The zero-order valence-electron chi connectivity index (χ0n) is 27.3. The van der Waals surface area contributed by atoms with Gasteiger partial charge in [-0.1, -0.05) is 84.9 Å². The van der Waals surface area contributed by atoms with Gasteiger partial charge >= 0.3 is 0 Å². The molecular formula is C37H39BNO8P. The van der Waals surface area contributed by atoms with E-state index in [9.17, 15) is 4.79 Å². The summed E-state index contributed by atoms with van der Waals surface area (Å²) in [5.74, 6) is 1.25. The van der Waals surface area contributed by atoms with E-state index in [-0.39, 0.29) is 25.2 Å². The van der Waals surface area contributed by atoms with E-state index in [1.807, 2.05) is 109 Å². The van der Waals surface area contributed by atoms with Gasteiger partial charge in [0, 0.05) is 13.1 Å². The number of nitrogens with zero attached hydrogens (tertiary/aromatic N) is 1. The molecule has 11 heteroatoms. The Bertz CT molecular complexity index is 1560. The molecule has 0 N–H and O–H groups in total. The van der Waals surface area contributed by atoms with Crippen LogP contribution in [0.5, 0.6) is 11.5 Å². The highest BCUT2D eigenvalue weighted by molar-refractivity contribution is 7.45. The maximum Gasteiger partial charge on any atom is 0.293 e. The molecule has 0 spiro atoms. The Morgan fingerprint density at radius 3 is 1.96 bits per heavy atom. The zero-order chi connectivity index (χ0) is 33.5. The van der Waals surface area contributed by atoms with E-state index in [1.165, 1.54) is 7.11 Å². The van der Waals surface area contributed by atoms with Crippen LogP contribution in [0.15, 0.2) is 109 Å². The third-order valence-electron chi connectivity index (χ3n) is 8.57. The number of hydrogen-bond acceptors (Lipinski definition) is 8. The average Bonchev–Trinajstić information content (AvgIpc) is 3.72. The Morgan fingerprint density at radius 2 is 1.40 bits per heavy atom. The molecule has 4 aromatic rings. The van der Waals surface area contributed by atoms with Gasteiger partial charge in [-0.25, -0.2) is 0 Å². The quantitative estimate of drug-likeness (QED) is 0.0954. The number of hydrogen-bond donors (Lipinski definition) is 0. The third-order valence-corrected chi connectivity index (χ3v) is 10.2. The van der Waals surface area contributed by atoms with Gasteiger partial charge in [-0.3, -0.25) is 9.46 Å². The van der Waals surface area contributed by atoms with E-state index in [2.05, 4.69) is 0 Å². The molecule has 6 rings (SSSR count). The molecule has 2 heterocycles. The third kappa shape index (κ3) is 7.30. The predicted molar refractivity (Wildman–Crippen MR) is 183 cm³/mol. The number of carbonyl (C=O) groups is 1. The fourth-order valence-corrected chi connectivity index (χ4v) is 7.79. The Kier molecular flexibility index (Phi) is 11.1. The van der Waals surface area contributed by atoms with Crippen LogP contribution in [0.2, 0.25) is 0 Å². The van der Waals surface area contributed by atoms with E-state index >= 15 is 0 Å². The average molecular weight is 668 g/mol.